The van der Waals surface area contributed by atoms with Crippen LogP contribution in [0.4, 0.5) is 0 Å². The number of hydrogen-bond donors (Lipinski definition) is 1. The molecule has 48 valence electrons. The van der Waals surface area contributed by atoms with Crippen molar-refractivity contribution in [1.29, 1.82) is 0 Å². The van der Waals surface area contributed by atoms with Crippen molar-refractivity contribution in [3.8, 4) is 0 Å². The van der Waals surface area contributed by atoms with Gasteiger partial charge in [0.05, 0.1) is 6.20 Å². The lowest BCUT2D eigenvalue weighted by Crippen LogP contribution is -2.16. The first-order chi connectivity index (χ1) is 4.34. The fraction of sp³-hybridized carbons (Fsp3) is 0.200. The minimum atomic E-state index is -0.257. The summed E-state index contributed by atoms with van der Waals surface area (Å²) in [5, 5.41) is 5.75. The maximum Gasteiger partial charge on any atom is 0.289 e. The molecule has 0 radical (unpaired) electrons. The van der Waals surface area contributed by atoms with E-state index in [9.17, 15) is 4.79 Å². The van der Waals surface area contributed by atoms with Gasteiger partial charge in [0.25, 0.3) is 5.91 Å². The summed E-state index contributed by atoms with van der Waals surface area (Å²) >= 11 is 0. The van der Waals surface area contributed by atoms with Crippen LogP contribution in [-0.4, -0.2) is 18.1 Å². The zero-order chi connectivity index (χ0) is 6.69. The van der Waals surface area contributed by atoms with Gasteiger partial charge in [-0.25, -0.2) is 0 Å². The lowest BCUT2D eigenvalue weighted by atomic mass is 10.4. The van der Waals surface area contributed by atoms with Crippen LogP contribution < -0.4 is 5.32 Å². The van der Waals surface area contributed by atoms with Crippen molar-refractivity contribution in [2.45, 2.75) is 0 Å². The molecule has 4 heteroatoms. The number of carbonyl (C=O) groups is 1. The molecule has 0 fully saturated rings. The summed E-state index contributed by atoms with van der Waals surface area (Å²) < 4.78 is 4.52. The Morgan fingerprint density at radius 1 is 1.89 bits per heavy atom. The van der Waals surface area contributed by atoms with E-state index in [-0.39, 0.29) is 11.7 Å². The van der Waals surface area contributed by atoms with E-state index in [0.29, 0.717) is 0 Å². The Morgan fingerprint density at radius 3 is 3.11 bits per heavy atom. The van der Waals surface area contributed by atoms with Crippen LogP contribution in [0.25, 0.3) is 0 Å². The van der Waals surface area contributed by atoms with Gasteiger partial charge in [-0.05, 0) is 0 Å². The van der Waals surface area contributed by atoms with Gasteiger partial charge in [-0.15, -0.1) is 0 Å². The smallest absolute Gasteiger partial charge is 0.289 e. The molecule has 0 saturated carbocycles. The molecule has 0 atom stereocenters. The van der Waals surface area contributed by atoms with Crippen molar-refractivity contribution in [3.05, 3.63) is 18.0 Å². The first-order valence-corrected chi connectivity index (χ1v) is 2.47. The summed E-state index contributed by atoms with van der Waals surface area (Å²) in [6, 6.07) is 1.50. The first kappa shape index (κ1) is 5.81. The van der Waals surface area contributed by atoms with E-state index in [0.717, 1.165) is 0 Å². The Balaban J connectivity index is 2.77. The van der Waals surface area contributed by atoms with E-state index in [2.05, 4.69) is 15.0 Å². The third-order valence-corrected chi connectivity index (χ3v) is 0.889. The van der Waals surface area contributed by atoms with Crippen LogP contribution in [-0.2, 0) is 0 Å². The fourth-order valence-electron chi connectivity index (χ4n) is 0.456. The van der Waals surface area contributed by atoms with Crippen LogP contribution >= 0.6 is 0 Å². The fourth-order valence-corrected chi connectivity index (χ4v) is 0.456. The monoisotopic (exact) mass is 126 g/mol. The van der Waals surface area contributed by atoms with Crippen molar-refractivity contribution in [2.24, 2.45) is 0 Å². The molecule has 1 rings (SSSR count). The molecule has 1 aromatic rings. The Morgan fingerprint density at radius 2 is 2.67 bits per heavy atom. The zero-order valence-corrected chi connectivity index (χ0v) is 4.92. The summed E-state index contributed by atoms with van der Waals surface area (Å²) in [5.41, 5.74) is 0. The number of rotatable bonds is 1. The number of aromatic nitrogens is 1. The second kappa shape index (κ2) is 2.30. The number of hydrogen-bond acceptors (Lipinski definition) is 3. The lowest BCUT2D eigenvalue weighted by Gasteiger charge is -1.88. The minimum Gasteiger partial charge on any atom is -0.352 e. The van der Waals surface area contributed by atoms with Crippen molar-refractivity contribution in [2.75, 3.05) is 7.05 Å². The van der Waals surface area contributed by atoms with Gasteiger partial charge in [0, 0.05) is 13.1 Å². The lowest BCUT2D eigenvalue weighted by molar-refractivity contribution is 0.0926. The second-order valence-electron chi connectivity index (χ2n) is 1.46. The van der Waals surface area contributed by atoms with E-state index in [4.69, 9.17) is 0 Å². The topological polar surface area (TPSA) is 55.1 Å². The molecule has 9 heavy (non-hydrogen) atoms. The van der Waals surface area contributed by atoms with Crippen LogP contribution in [0, 0.1) is 0 Å². The van der Waals surface area contributed by atoms with E-state index in [1.807, 2.05) is 0 Å². The summed E-state index contributed by atoms with van der Waals surface area (Å²) in [6.07, 6.45) is 1.42. The Bertz CT molecular complexity index is 193. The molecule has 0 spiro atoms. The predicted molar refractivity (Wildman–Crippen MR) is 29.9 cm³/mol. The molecule has 0 unspecified atom stereocenters. The van der Waals surface area contributed by atoms with Gasteiger partial charge in [0.2, 0.25) is 5.76 Å². The van der Waals surface area contributed by atoms with Crippen LogP contribution in [0.2, 0.25) is 0 Å². The van der Waals surface area contributed by atoms with E-state index < -0.39 is 0 Å². The number of nitrogens with zero attached hydrogens (tertiary/aromatic N) is 1. The highest BCUT2D eigenvalue weighted by atomic mass is 16.5. The zero-order valence-electron chi connectivity index (χ0n) is 4.92. The summed E-state index contributed by atoms with van der Waals surface area (Å²) in [6.45, 7) is 0. The molecule has 1 amide bonds. The number of carbonyl (C=O) groups excluding carboxylic acids is 1. The summed E-state index contributed by atoms with van der Waals surface area (Å²) in [7, 11) is 1.53. The van der Waals surface area contributed by atoms with Gasteiger partial charge in [-0.3, -0.25) is 4.79 Å². The van der Waals surface area contributed by atoms with Crippen LogP contribution in [0.3, 0.4) is 0 Å². The van der Waals surface area contributed by atoms with Crippen LogP contribution in [0.1, 0.15) is 10.6 Å². The molecule has 1 aromatic heterocycles. The number of nitrogens with one attached hydrogen (secondary N) is 1. The molecule has 1 N–H and O–H groups in total. The Hall–Kier alpha value is -1.32. The molecule has 0 bridgehead atoms. The SMILES string of the molecule is CNC(=O)c1ccno1. The largest absolute Gasteiger partial charge is 0.352 e. The highest BCUT2D eigenvalue weighted by Crippen LogP contribution is 1.93. The highest BCUT2D eigenvalue weighted by molar-refractivity contribution is 5.90. The van der Waals surface area contributed by atoms with Crippen molar-refractivity contribution in [3.63, 3.8) is 0 Å². The van der Waals surface area contributed by atoms with Crippen molar-refractivity contribution >= 4 is 5.91 Å². The predicted octanol–water partition coefficient (Wildman–Crippen LogP) is 0.0342. The number of amides is 1. The molecule has 0 saturated heterocycles. The van der Waals surface area contributed by atoms with E-state index in [1.165, 1.54) is 19.3 Å². The maximum atomic E-state index is 10.6. The van der Waals surface area contributed by atoms with Gasteiger partial charge in [-0.1, -0.05) is 5.16 Å². The summed E-state index contributed by atoms with van der Waals surface area (Å²) in [4.78, 5) is 10.6. The van der Waals surface area contributed by atoms with E-state index in [1.54, 1.807) is 0 Å². The quantitative estimate of drug-likeness (QED) is 0.577. The standard InChI is InChI=1S/C5H6N2O2/c1-6-5(8)4-2-3-7-9-4/h2-3H,1H3,(H,6,8). The highest BCUT2D eigenvalue weighted by Gasteiger charge is 2.04. The summed E-state index contributed by atoms with van der Waals surface area (Å²) in [5.74, 6) is -0.0231. The second-order valence-corrected chi connectivity index (χ2v) is 1.46. The van der Waals surface area contributed by atoms with Gasteiger partial charge >= 0.3 is 0 Å². The molecular weight excluding hydrogens is 120 g/mol. The van der Waals surface area contributed by atoms with Gasteiger partial charge < -0.3 is 9.84 Å². The average Bonchev–Trinajstić information content (AvgIpc) is 2.37. The molecule has 0 aliphatic heterocycles. The third kappa shape index (κ3) is 1.07. The van der Waals surface area contributed by atoms with Crippen LogP contribution in [0.5, 0.6) is 0 Å². The Kier molecular flexibility index (Phi) is 1.48. The van der Waals surface area contributed by atoms with Crippen molar-refractivity contribution in [1.82, 2.24) is 10.5 Å². The van der Waals surface area contributed by atoms with Crippen molar-refractivity contribution < 1.29 is 9.32 Å². The molecule has 4 nitrogen and oxygen atoms in total. The van der Waals surface area contributed by atoms with Gasteiger partial charge in [-0.2, -0.15) is 0 Å². The normalized spacial score (nSPS) is 9.00. The first-order valence-electron chi connectivity index (χ1n) is 2.47. The Labute approximate surface area is 51.8 Å². The van der Waals surface area contributed by atoms with Gasteiger partial charge in [0.1, 0.15) is 0 Å². The molecular formula is C5H6N2O2. The molecule has 0 aliphatic rings. The maximum absolute atomic E-state index is 10.6. The van der Waals surface area contributed by atoms with E-state index >= 15 is 0 Å². The average molecular weight is 126 g/mol. The minimum absolute atomic E-state index is 0.234. The molecule has 0 aromatic carbocycles. The third-order valence-electron chi connectivity index (χ3n) is 0.889. The molecule has 1 heterocycles. The molecule has 0 aliphatic carbocycles. The van der Waals surface area contributed by atoms with Gasteiger partial charge in [0.15, 0.2) is 0 Å². The van der Waals surface area contributed by atoms with Crippen LogP contribution in [0.15, 0.2) is 16.8 Å².